The van der Waals surface area contributed by atoms with Crippen LogP contribution in [0.5, 0.6) is 0 Å². The van der Waals surface area contributed by atoms with Gasteiger partial charge >= 0.3 is 0 Å². The molecule has 28 heavy (non-hydrogen) atoms. The molecule has 0 saturated carbocycles. The van der Waals surface area contributed by atoms with Crippen LogP contribution in [0.2, 0.25) is 0 Å². The highest BCUT2D eigenvalue weighted by molar-refractivity contribution is 5.80. The van der Waals surface area contributed by atoms with Crippen LogP contribution in [-0.2, 0) is 18.2 Å². The number of hydrogen-bond donors (Lipinski definition) is 1. The molecule has 2 heterocycles. The Bertz CT molecular complexity index is 815. The molecule has 6 nitrogen and oxygen atoms in total. The summed E-state index contributed by atoms with van der Waals surface area (Å²) in [7, 11) is 1.94. The summed E-state index contributed by atoms with van der Waals surface area (Å²) in [4.78, 5) is 7.38. The topological polar surface area (TPSA) is 54.7 Å². The van der Waals surface area contributed by atoms with Crippen LogP contribution in [0.15, 0.2) is 41.7 Å². The first-order valence-corrected chi connectivity index (χ1v) is 10.5. The molecule has 1 aromatic carbocycles. The number of guanidine groups is 1. The minimum atomic E-state index is 0.0433. The first-order chi connectivity index (χ1) is 13.7. The van der Waals surface area contributed by atoms with Gasteiger partial charge in [-0.25, -0.2) is 0 Å². The van der Waals surface area contributed by atoms with E-state index in [9.17, 15) is 0 Å². The van der Waals surface area contributed by atoms with Crippen molar-refractivity contribution in [2.75, 3.05) is 32.8 Å². The fourth-order valence-electron chi connectivity index (χ4n) is 4.32. The molecule has 6 heteroatoms. The Hall–Kier alpha value is -2.34. The molecule has 1 N–H and O–H groups in total. The number of aliphatic imine (C=N–C) groups is 1. The van der Waals surface area contributed by atoms with E-state index >= 15 is 0 Å². The molecule has 0 radical (unpaired) electrons. The summed E-state index contributed by atoms with van der Waals surface area (Å²) >= 11 is 0. The zero-order valence-corrected chi connectivity index (χ0v) is 17.0. The van der Waals surface area contributed by atoms with Crippen molar-refractivity contribution in [3.63, 3.8) is 0 Å². The molecule has 150 valence electrons. The Kier molecular flexibility index (Phi) is 5.95. The van der Waals surface area contributed by atoms with E-state index < -0.39 is 0 Å². The van der Waals surface area contributed by atoms with Crippen molar-refractivity contribution in [2.24, 2.45) is 12.0 Å². The second-order valence-corrected chi connectivity index (χ2v) is 7.74. The molecule has 1 saturated heterocycles. The molecule has 1 aromatic heterocycles. The normalized spacial score (nSPS) is 22.8. The number of aryl methyl sites for hydroxylation is 2. The van der Waals surface area contributed by atoms with Crippen LogP contribution in [0.3, 0.4) is 0 Å². The third-order valence-electron chi connectivity index (χ3n) is 5.75. The van der Waals surface area contributed by atoms with Crippen molar-refractivity contribution in [2.45, 2.75) is 38.2 Å². The Labute approximate surface area is 167 Å². The largest absolute Gasteiger partial charge is 0.370 e. The number of hydrogen-bond acceptors (Lipinski definition) is 3. The summed E-state index contributed by atoms with van der Waals surface area (Å²) in [6, 6.07) is 8.87. The van der Waals surface area contributed by atoms with Gasteiger partial charge in [-0.1, -0.05) is 24.3 Å². The van der Waals surface area contributed by atoms with Gasteiger partial charge in [-0.15, -0.1) is 0 Å². The Morgan fingerprint density at radius 1 is 1.36 bits per heavy atom. The van der Waals surface area contributed by atoms with Gasteiger partial charge in [-0.2, -0.15) is 5.10 Å². The lowest BCUT2D eigenvalue weighted by atomic mass is 9.83. The molecule has 2 atom stereocenters. The quantitative estimate of drug-likeness (QED) is 0.654. The lowest BCUT2D eigenvalue weighted by molar-refractivity contribution is -0.00805. The number of rotatable bonds is 4. The van der Waals surface area contributed by atoms with E-state index in [0.29, 0.717) is 12.5 Å². The van der Waals surface area contributed by atoms with Crippen LogP contribution in [0.4, 0.5) is 0 Å². The van der Waals surface area contributed by atoms with E-state index in [1.54, 1.807) is 0 Å². The van der Waals surface area contributed by atoms with Crippen molar-refractivity contribution < 1.29 is 4.74 Å². The van der Waals surface area contributed by atoms with Crippen LogP contribution in [0, 0.1) is 0 Å². The number of nitrogens with zero attached hydrogens (tertiary/aromatic N) is 4. The van der Waals surface area contributed by atoms with Gasteiger partial charge in [0.1, 0.15) is 6.10 Å². The smallest absolute Gasteiger partial charge is 0.194 e. The molecule has 4 rings (SSSR count). The second-order valence-electron chi connectivity index (χ2n) is 7.74. The molecule has 0 bridgehead atoms. The zero-order chi connectivity index (χ0) is 19.3. The van der Waals surface area contributed by atoms with Crippen molar-refractivity contribution in [1.29, 1.82) is 0 Å². The highest BCUT2D eigenvalue weighted by atomic mass is 16.5. The molecular weight excluding hydrogens is 350 g/mol. The summed E-state index contributed by atoms with van der Waals surface area (Å²) in [6.45, 7) is 6.21. The van der Waals surface area contributed by atoms with Gasteiger partial charge in [-0.05, 0) is 37.3 Å². The first-order valence-electron chi connectivity index (χ1n) is 10.5. The zero-order valence-electron chi connectivity index (χ0n) is 17.0. The number of morpholine rings is 1. The van der Waals surface area contributed by atoms with Gasteiger partial charge in [0.25, 0.3) is 0 Å². The standard InChI is InChI=1S/C22H31N5O/c1-3-23-22(24-13-18-9-6-8-17-7-4-5-10-20(17)18)27-11-12-28-21(16-27)19-14-25-26(2)15-19/h4-5,7,10,14-15,18,21H,3,6,8-9,11-13,16H2,1-2H3,(H,23,24). The number of fused-ring (bicyclic) bond motifs is 1. The van der Waals surface area contributed by atoms with Crippen LogP contribution in [-0.4, -0.2) is 53.4 Å². The van der Waals surface area contributed by atoms with Crippen molar-refractivity contribution in [1.82, 2.24) is 20.0 Å². The highest BCUT2D eigenvalue weighted by Gasteiger charge is 2.26. The fourth-order valence-corrected chi connectivity index (χ4v) is 4.32. The Morgan fingerprint density at radius 3 is 3.07 bits per heavy atom. The minimum absolute atomic E-state index is 0.0433. The summed E-state index contributed by atoms with van der Waals surface area (Å²) in [6.07, 6.45) is 7.67. The van der Waals surface area contributed by atoms with Crippen molar-refractivity contribution >= 4 is 5.96 Å². The van der Waals surface area contributed by atoms with Crippen LogP contribution in [0.1, 0.15) is 48.5 Å². The van der Waals surface area contributed by atoms with E-state index in [-0.39, 0.29) is 6.10 Å². The van der Waals surface area contributed by atoms with E-state index in [1.807, 2.05) is 24.1 Å². The SMILES string of the molecule is CCNC(=NCC1CCCc2ccccc21)N1CCOC(c2cnn(C)c2)C1. The predicted molar refractivity (Wildman–Crippen MR) is 112 cm³/mol. The average Bonchev–Trinajstić information content (AvgIpc) is 3.17. The maximum absolute atomic E-state index is 6.00. The molecule has 0 spiro atoms. The predicted octanol–water partition coefficient (Wildman–Crippen LogP) is 2.88. The van der Waals surface area contributed by atoms with Gasteiger partial charge in [0.2, 0.25) is 0 Å². The monoisotopic (exact) mass is 381 g/mol. The lowest BCUT2D eigenvalue weighted by Crippen LogP contribution is -2.48. The summed E-state index contributed by atoms with van der Waals surface area (Å²) in [5, 5.41) is 7.78. The molecule has 2 aliphatic rings. The summed E-state index contributed by atoms with van der Waals surface area (Å²) < 4.78 is 7.83. The van der Waals surface area contributed by atoms with Gasteiger partial charge < -0.3 is 15.0 Å². The fraction of sp³-hybridized carbons (Fsp3) is 0.545. The van der Waals surface area contributed by atoms with Gasteiger partial charge in [0.05, 0.1) is 19.3 Å². The molecule has 2 aromatic rings. The third-order valence-corrected chi connectivity index (χ3v) is 5.75. The maximum atomic E-state index is 6.00. The molecule has 1 aliphatic carbocycles. The van der Waals surface area contributed by atoms with Crippen LogP contribution < -0.4 is 5.32 Å². The van der Waals surface area contributed by atoms with E-state index in [1.165, 1.54) is 30.4 Å². The average molecular weight is 382 g/mol. The van der Waals surface area contributed by atoms with Crippen molar-refractivity contribution in [3.05, 3.63) is 53.3 Å². The molecule has 1 fully saturated rings. The number of benzene rings is 1. The molecule has 1 aliphatic heterocycles. The highest BCUT2D eigenvalue weighted by Crippen LogP contribution is 2.31. The van der Waals surface area contributed by atoms with E-state index in [0.717, 1.165) is 37.7 Å². The van der Waals surface area contributed by atoms with Gasteiger partial charge in [-0.3, -0.25) is 9.67 Å². The van der Waals surface area contributed by atoms with Gasteiger partial charge in [0.15, 0.2) is 5.96 Å². The lowest BCUT2D eigenvalue weighted by Gasteiger charge is -2.35. The maximum Gasteiger partial charge on any atom is 0.194 e. The van der Waals surface area contributed by atoms with Crippen molar-refractivity contribution in [3.8, 4) is 0 Å². The van der Waals surface area contributed by atoms with E-state index in [2.05, 4.69) is 46.5 Å². The minimum Gasteiger partial charge on any atom is -0.370 e. The second kappa shape index (κ2) is 8.78. The molecule has 2 unspecified atom stereocenters. The first kappa shape index (κ1) is 19.0. The number of ether oxygens (including phenoxy) is 1. The van der Waals surface area contributed by atoms with Crippen LogP contribution >= 0.6 is 0 Å². The van der Waals surface area contributed by atoms with E-state index in [4.69, 9.17) is 9.73 Å². The summed E-state index contributed by atoms with van der Waals surface area (Å²) in [5.74, 6) is 1.52. The van der Waals surface area contributed by atoms with Gasteiger partial charge in [0, 0.05) is 44.4 Å². The molecule has 0 amide bonds. The Morgan fingerprint density at radius 2 is 2.25 bits per heavy atom. The number of aromatic nitrogens is 2. The number of nitrogens with one attached hydrogen (secondary N) is 1. The third kappa shape index (κ3) is 4.22. The summed E-state index contributed by atoms with van der Waals surface area (Å²) in [5.41, 5.74) is 4.12. The van der Waals surface area contributed by atoms with Crippen LogP contribution in [0.25, 0.3) is 0 Å². The Balaban J connectivity index is 1.47. The molecular formula is C22H31N5O.